The maximum absolute atomic E-state index is 11.3. The topological polar surface area (TPSA) is 56.2 Å². The predicted molar refractivity (Wildman–Crippen MR) is 69.1 cm³/mol. The summed E-state index contributed by atoms with van der Waals surface area (Å²) in [4.78, 5) is 12.4. The molecule has 0 bridgehead atoms. The summed E-state index contributed by atoms with van der Waals surface area (Å²) in [5, 5.41) is 0. The Morgan fingerprint density at radius 3 is 2.88 bits per heavy atom. The molecule has 0 spiro atoms. The number of ketones is 1. The van der Waals surface area contributed by atoms with Gasteiger partial charge in [0.05, 0.1) is 12.0 Å². The first-order valence-electron chi connectivity index (χ1n) is 5.22. The van der Waals surface area contributed by atoms with Crippen molar-refractivity contribution < 1.29 is 9.21 Å². The van der Waals surface area contributed by atoms with Gasteiger partial charge in [-0.15, -0.1) is 11.8 Å². The summed E-state index contributed by atoms with van der Waals surface area (Å²) in [6, 6.07) is 9.29. The summed E-state index contributed by atoms with van der Waals surface area (Å²) in [6.45, 7) is 1.52. The van der Waals surface area contributed by atoms with Gasteiger partial charge in [-0.2, -0.15) is 0 Å². The Bertz CT molecular complexity index is 520. The summed E-state index contributed by atoms with van der Waals surface area (Å²) in [6.07, 6.45) is 1.65. The number of Topliss-reactive ketones (excluding diaryl/α,β-unsaturated/α-hetero) is 1. The van der Waals surface area contributed by atoms with Crippen molar-refractivity contribution in [3.8, 4) is 0 Å². The summed E-state index contributed by atoms with van der Waals surface area (Å²) in [5.74, 6) is 1.65. The van der Waals surface area contributed by atoms with Crippen molar-refractivity contribution >= 4 is 23.2 Å². The molecule has 0 aliphatic rings. The SMILES string of the molecule is CC(=O)c1cc(SCc2ccco2)ccc1N. The fourth-order valence-corrected chi connectivity index (χ4v) is 2.32. The normalized spacial score (nSPS) is 10.4. The van der Waals surface area contributed by atoms with Crippen LogP contribution in [0.25, 0.3) is 0 Å². The number of carbonyl (C=O) groups is 1. The van der Waals surface area contributed by atoms with Crippen LogP contribution in [0.15, 0.2) is 45.9 Å². The highest BCUT2D eigenvalue weighted by molar-refractivity contribution is 7.98. The second kappa shape index (κ2) is 5.10. The molecule has 0 unspecified atom stereocenters. The summed E-state index contributed by atoms with van der Waals surface area (Å²) >= 11 is 1.62. The summed E-state index contributed by atoms with van der Waals surface area (Å²) in [5.41, 5.74) is 6.84. The van der Waals surface area contributed by atoms with Crippen LogP contribution in [0.4, 0.5) is 5.69 Å². The minimum Gasteiger partial charge on any atom is -0.468 e. The molecular weight excluding hydrogens is 234 g/mol. The maximum atomic E-state index is 11.3. The molecule has 88 valence electrons. The van der Waals surface area contributed by atoms with E-state index in [1.165, 1.54) is 6.92 Å². The molecule has 0 aliphatic carbocycles. The lowest BCUT2D eigenvalue weighted by Gasteiger charge is -2.05. The van der Waals surface area contributed by atoms with E-state index >= 15 is 0 Å². The van der Waals surface area contributed by atoms with E-state index in [9.17, 15) is 4.79 Å². The highest BCUT2D eigenvalue weighted by atomic mass is 32.2. The van der Waals surface area contributed by atoms with Gasteiger partial charge in [-0.05, 0) is 37.3 Å². The van der Waals surface area contributed by atoms with E-state index in [1.54, 1.807) is 24.1 Å². The molecule has 0 radical (unpaired) electrons. The van der Waals surface area contributed by atoms with Gasteiger partial charge in [0.25, 0.3) is 0 Å². The minimum atomic E-state index is -0.0112. The monoisotopic (exact) mass is 247 g/mol. The number of anilines is 1. The molecule has 1 aromatic carbocycles. The molecule has 1 aromatic heterocycles. The van der Waals surface area contributed by atoms with Crippen LogP contribution in [-0.4, -0.2) is 5.78 Å². The first-order chi connectivity index (χ1) is 8.16. The maximum Gasteiger partial charge on any atom is 0.161 e. The van der Waals surface area contributed by atoms with Crippen molar-refractivity contribution in [1.82, 2.24) is 0 Å². The van der Waals surface area contributed by atoms with Gasteiger partial charge in [-0.1, -0.05) is 0 Å². The molecular formula is C13H13NO2S. The molecule has 0 saturated heterocycles. The quantitative estimate of drug-likeness (QED) is 0.511. The van der Waals surface area contributed by atoms with Crippen molar-refractivity contribution in [3.05, 3.63) is 47.9 Å². The number of carbonyl (C=O) groups excluding carboxylic acids is 1. The van der Waals surface area contributed by atoms with Gasteiger partial charge in [-0.3, -0.25) is 4.79 Å². The molecule has 1 heterocycles. The second-order valence-electron chi connectivity index (χ2n) is 3.67. The highest BCUT2D eigenvalue weighted by Crippen LogP contribution is 2.26. The standard InChI is InChI=1S/C13H13NO2S/c1-9(15)12-7-11(4-5-13(12)14)17-8-10-3-2-6-16-10/h2-7H,8,14H2,1H3. The lowest BCUT2D eigenvalue weighted by Crippen LogP contribution is -1.99. The van der Waals surface area contributed by atoms with Gasteiger partial charge in [0, 0.05) is 16.1 Å². The van der Waals surface area contributed by atoms with Gasteiger partial charge in [0.2, 0.25) is 0 Å². The Hall–Kier alpha value is -1.68. The number of nitrogen functional groups attached to an aromatic ring is 1. The number of rotatable bonds is 4. The third kappa shape index (κ3) is 2.91. The van der Waals surface area contributed by atoms with Gasteiger partial charge in [-0.25, -0.2) is 0 Å². The molecule has 4 heteroatoms. The predicted octanol–water partition coefficient (Wildman–Crippen LogP) is 3.36. The number of hydrogen-bond acceptors (Lipinski definition) is 4. The van der Waals surface area contributed by atoms with Gasteiger partial charge < -0.3 is 10.2 Å². The number of furan rings is 1. The average Bonchev–Trinajstić information content (AvgIpc) is 2.80. The van der Waals surface area contributed by atoms with Crippen LogP contribution in [0.3, 0.4) is 0 Å². The molecule has 2 aromatic rings. The van der Waals surface area contributed by atoms with Crippen molar-refractivity contribution in [2.24, 2.45) is 0 Å². The van der Waals surface area contributed by atoms with E-state index in [-0.39, 0.29) is 5.78 Å². The number of thioether (sulfide) groups is 1. The summed E-state index contributed by atoms with van der Waals surface area (Å²) in [7, 11) is 0. The molecule has 0 saturated carbocycles. The minimum absolute atomic E-state index is 0.0112. The van der Waals surface area contributed by atoms with E-state index in [4.69, 9.17) is 10.2 Å². The molecule has 17 heavy (non-hydrogen) atoms. The lowest BCUT2D eigenvalue weighted by molar-refractivity contribution is 0.101. The molecule has 0 aliphatic heterocycles. The smallest absolute Gasteiger partial charge is 0.161 e. The van der Waals surface area contributed by atoms with Gasteiger partial charge in [0.1, 0.15) is 5.76 Å². The van der Waals surface area contributed by atoms with Crippen LogP contribution >= 0.6 is 11.8 Å². The van der Waals surface area contributed by atoms with Crippen molar-refractivity contribution in [2.75, 3.05) is 5.73 Å². The van der Waals surface area contributed by atoms with E-state index in [0.717, 1.165) is 16.4 Å². The van der Waals surface area contributed by atoms with Crippen molar-refractivity contribution in [1.29, 1.82) is 0 Å². The van der Waals surface area contributed by atoms with Crippen LogP contribution < -0.4 is 5.73 Å². The third-order valence-electron chi connectivity index (χ3n) is 2.37. The molecule has 3 nitrogen and oxygen atoms in total. The zero-order valence-electron chi connectivity index (χ0n) is 9.47. The van der Waals surface area contributed by atoms with Crippen LogP contribution in [0.1, 0.15) is 23.0 Å². The first kappa shape index (κ1) is 11.8. The lowest BCUT2D eigenvalue weighted by atomic mass is 10.1. The molecule has 0 fully saturated rings. The molecule has 2 rings (SSSR count). The Balaban J connectivity index is 2.11. The van der Waals surface area contributed by atoms with Crippen LogP contribution in [0.5, 0.6) is 0 Å². The largest absolute Gasteiger partial charge is 0.468 e. The van der Waals surface area contributed by atoms with Crippen LogP contribution in [0.2, 0.25) is 0 Å². The molecule has 0 atom stereocenters. The third-order valence-corrected chi connectivity index (χ3v) is 3.38. The van der Waals surface area contributed by atoms with Crippen molar-refractivity contribution in [3.63, 3.8) is 0 Å². The molecule has 2 N–H and O–H groups in total. The van der Waals surface area contributed by atoms with E-state index in [1.807, 2.05) is 24.3 Å². The first-order valence-corrected chi connectivity index (χ1v) is 6.21. The fraction of sp³-hybridized carbons (Fsp3) is 0.154. The Labute approximate surface area is 104 Å². The Morgan fingerprint density at radius 2 is 2.24 bits per heavy atom. The van der Waals surface area contributed by atoms with E-state index < -0.39 is 0 Å². The Kier molecular flexibility index (Phi) is 3.54. The second-order valence-corrected chi connectivity index (χ2v) is 4.72. The molecule has 0 amide bonds. The van der Waals surface area contributed by atoms with Gasteiger partial charge >= 0.3 is 0 Å². The highest BCUT2D eigenvalue weighted by Gasteiger charge is 2.06. The van der Waals surface area contributed by atoms with E-state index in [2.05, 4.69) is 0 Å². The number of hydrogen-bond donors (Lipinski definition) is 1. The zero-order valence-corrected chi connectivity index (χ0v) is 10.3. The number of nitrogens with two attached hydrogens (primary N) is 1. The average molecular weight is 247 g/mol. The van der Waals surface area contributed by atoms with E-state index in [0.29, 0.717) is 11.3 Å². The summed E-state index contributed by atoms with van der Waals surface area (Å²) < 4.78 is 5.24. The zero-order chi connectivity index (χ0) is 12.3. The number of benzene rings is 1. The van der Waals surface area contributed by atoms with Gasteiger partial charge in [0.15, 0.2) is 5.78 Å². The Morgan fingerprint density at radius 1 is 1.41 bits per heavy atom. The van der Waals surface area contributed by atoms with Crippen LogP contribution in [-0.2, 0) is 5.75 Å². The van der Waals surface area contributed by atoms with Crippen LogP contribution in [0, 0.1) is 0 Å². The fourth-order valence-electron chi connectivity index (χ4n) is 1.48. The van der Waals surface area contributed by atoms with Crippen molar-refractivity contribution in [2.45, 2.75) is 17.6 Å².